The molecular weight excluding hydrogens is 320 g/mol. The molecule has 0 unspecified atom stereocenters. The summed E-state index contributed by atoms with van der Waals surface area (Å²) in [7, 11) is 0. The van der Waals surface area contributed by atoms with Crippen LogP contribution in [-0.2, 0) is 22.7 Å². The second-order valence-corrected chi connectivity index (χ2v) is 5.56. The zero-order valence-corrected chi connectivity index (χ0v) is 13.2. The van der Waals surface area contributed by atoms with Crippen LogP contribution < -0.4 is 5.56 Å². The molecule has 0 amide bonds. The summed E-state index contributed by atoms with van der Waals surface area (Å²) < 4.78 is 6.45. The van der Waals surface area contributed by atoms with E-state index in [1.807, 2.05) is 24.3 Å². The molecule has 0 saturated heterocycles. The maximum Gasteiger partial charge on any atom is 0.326 e. The summed E-state index contributed by atoms with van der Waals surface area (Å²) in [4.78, 5) is 36.0. The van der Waals surface area contributed by atoms with Gasteiger partial charge in [-0.1, -0.05) is 24.3 Å². The van der Waals surface area contributed by atoms with E-state index in [1.54, 1.807) is 24.3 Å². The number of carbonyl (C=O) groups excluding carboxylic acids is 1. The molecular formula is C18H14N4O3. The molecule has 0 fully saturated rings. The minimum atomic E-state index is -0.528. The topological polar surface area (TPSA) is 89.9 Å². The number of nitrogens with one attached hydrogen (secondary N) is 1. The van der Waals surface area contributed by atoms with Gasteiger partial charge in [-0.05, 0) is 24.3 Å². The molecule has 2 aromatic heterocycles. The smallest absolute Gasteiger partial charge is 0.326 e. The summed E-state index contributed by atoms with van der Waals surface area (Å²) in [5, 5.41) is 0.468. The molecule has 25 heavy (non-hydrogen) atoms. The summed E-state index contributed by atoms with van der Waals surface area (Å²) in [6.07, 6.45) is 1.35. The molecule has 0 atom stereocenters. The highest BCUT2D eigenvalue weighted by Crippen LogP contribution is 2.11. The highest BCUT2D eigenvalue weighted by molar-refractivity contribution is 5.77. The van der Waals surface area contributed by atoms with Crippen LogP contribution in [0.2, 0.25) is 0 Å². The third-order valence-corrected chi connectivity index (χ3v) is 3.84. The first kappa shape index (κ1) is 15.1. The van der Waals surface area contributed by atoms with E-state index >= 15 is 0 Å². The standard InChI is InChI=1S/C18H14N4O3/c23-17(25-10-16-20-14-7-3-4-8-15(14)21-16)9-22-11-19-13-6-2-1-5-12(13)18(22)24/h1-8,11H,9-10H2,(H,20,21). The lowest BCUT2D eigenvalue weighted by Gasteiger charge is -2.06. The molecule has 0 bridgehead atoms. The van der Waals surface area contributed by atoms with Gasteiger partial charge in [0.2, 0.25) is 0 Å². The Hall–Kier alpha value is -3.48. The van der Waals surface area contributed by atoms with Gasteiger partial charge in [-0.25, -0.2) is 9.97 Å². The molecule has 4 aromatic rings. The van der Waals surface area contributed by atoms with Crippen molar-refractivity contribution in [2.45, 2.75) is 13.2 Å². The number of ether oxygens (including phenoxy) is 1. The molecule has 4 rings (SSSR count). The van der Waals surface area contributed by atoms with E-state index in [-0.39, 0.29) is 18.7 Å². The van der Waals surface area contributed by atoms with E-state index in [0.29, 0.717) is 16.7 Å². The molecule has 0 aliphatic heterocycles. The van der Waals surface area contributed by atoms with E-state index < -0.39 is 5.97 Å². The SMILES string of the molecule is O=C(Cn1cnc2ccccc2c1=O)OCc1nc2ccccc2[nH]1. The fraction of sp³-hybridized carbons (Fsp3) is 0.111. The van der Waals surface area contributed by atoms with Crippen LogP contribution >= 0.6 is 0 Å². The number of benzene rings is 2. The van der Waals surface area contributed by atoms with E-state index in [2.05, 4.69) is 15.0 Å². The first-order valence-electron chi connectivity index (χ1n) is 7.74. The Kier molecular flexibility index (Phi) is 3.74. The molecule has 7 heteroatoms. The minimum Gasteiger partial charge on any atom is -0.456 e. The minimum absolute atomic E-state index is 0.0171. The molecule has 124 valence electrons. The van der Waals surface area contributed by atoms with Crippen molar-refractivity contribution in [2.24, 2.45) is 0 Å². The molecule has 0 saturated carbocycles. The number of aromatic nitrogens is 4. The maximum atomic E-state index is 12.4. The maximum absolute atomic E-state index is 12.4. The average Bonchev–Trinajstić information content (AvgIpc) is 3.06. The van der Waals surface area contributed by atoms with Gasteiger partial charge in [0.1, 0.15) is 19.0 Å². The highest BCUT2D eigenvalue weighted by atomic mass is 16.5. The third-order valence-electron chi connectivity index (χ3n) is 3.84. The summed E-state index contributed by atoms with van der Waals surface area (Å²) in [6.45, 7) is -0.180. The molecule has 0 aliphatic rings. The number of esters is 1. The first-order valence-corrected chi connectivity index (χ1v) is 7.74. The fourth-order valence-electron chi connectivity index (χ4n) is 2.63. The van der Waals surface area contributed by atoms with Crippen molar-refractivity contribution in [2.75, 3.05) is 0 Å². The van der Waals surface area contributed by atoms with Crippen LogP contribution in [0.3, 0.4) is 0 Å². The van der Waals surface area contributed by atoms with Crippen molar-refractivity contribution in [3.8, 4) is 0 Å². The molecule has 2 aromatic carbocycles. The van der Waals surface area contributed by atoms with Gasteiger partial charge in [0.15, 0.2) is 0 Å². The normalized spacial score (nSPS) is 11.0. The number of hydrogen-bond acceptors (Lipinski definition) is 5. The monoisotopic (exact) mass is 334 g/mol. The molecule has 7 nitrogen and oxygen atoms in total. The number of hydrogen-bond donors (Lipinski definition) is 1. The Bertz CT molecular complexity index is 1100. The molecule has 0 spiro atoms. The Morgan fingerprint density at radius 2 is 1.84 bits per heavy atom. The second-order valence-electron chi connectivity index (χ2n) is 5.56. The fourth-order valence-corrected chi connectivity index (χ4v) is 2.63. The third kappa shape index (κ3) is 2.99. The van der Waals surface area contributed by atoms with Gasteiger partial charge in [-0.15, -0.1) is 0 Å². The van der Waals surface area contributed by atoms with E-state index in [0.717, 1.165) is 11.0 Å². The Morgan fingerprint density at radius 3 is 2.68 bits per heavy atom. The quantitative estimate of drug-likeness (QED) is 0.577. The van der Waals surface area contributed by atoms with Gasteiger partial charge in [0, 0.05) is 0 Å². The lowest BCUT2D eigenvalue weighted by Crippen LogP contribution is -2.25. The number of imidazole rings is 1. The number of H-pyrrole nitrogens is 1. The average molecular weight is 334 g/mol. The lowest BCUT2D eigenvalue weighted by molar-refractivity contribution is -0.146. The van der Waals surface area contributed by atoms with Crippen molar-refractivity contribution < 1.29 is 9.53 Å². The number of aromatic amines is 1. The zero-order valence-electron chi connectivity index (χ0n) is 13.2. The first-order chi connectivity index (χ1) is 12.2. The van der Waals surface area contributed by atoms with E-state index in [9.17, 15) is 9.59 Å². The van der Waals surface area contributed by atoms with Crippen molar-refractivity contribution in [3.05, 3.63) is 71.0 Å². The number of nitrogens with zero attached hydrogens (tertiary/aromatic N) is 3. The van der Waals surface area contributed by atoms with Gasteiger partial charge < -0.3 is 9.72 Å². The largest absolute Gasteiger partial charge is 0.456 e. The van der Waals surface area contributed by atoms with Gasteiger partial charge in [0.05, 0.1) is 28.3 Å². The predicted octanol–water partition coefficient (Wildman–Crippen LogP) is 2.02. The molecule has 2 heterocycles. The molecule has 0 aliphatic carbocycles. The molecule has 0 radical (unpaired) electrons. The summed E-state index contributed by atoms with van der Waals surface area (Å²) >= 11 is 0. The van der Waals surface area contributed by atoms with E-state index in [4.69, 9.17) is 4.74 Å². The van der Waals surface area contributed by atoms with Gasteiger partial charge in [-0.2, -0.15) is 0 Å². The van der Waals surface area contributed by atoms with Crippen molar-refractivity contribution in [1.82, 2.24) is 19.5 Å². The van der Waals surface area contributed by atoms with Gasteiger partial charge in [-0.3, -0.25) is 14.2 Å². The van der Waals surface area contributed by atoms with Gasteiger partial charge in [0.25, 0.3) is 5.56 Å². The lowest BCUT2D eigenvalue weighted by atomic mass is 10.2. The summed E-state index contributed by atoms with van der Waals surface area (Å²) in [5.74, 6) is 0.0261. The van der Waals surface area contributed by atoms with Crippen LogP contribution in [-0.4, -0.2) is 25.5 Å². The van der Waals surface area contributed by atoms with Crippen molar-refractivity contribution >= 4 is 27.9 Å². The van der Waals surface area contributed by atoms with Crippen LogP contribution in [0.4, 0.5) is 0 Å². The Labute approximate surface area is 141 Å². The van der Waals surface area contributed by atoms with E-state index in [1.165, 1.54) is 10.9 Å². The van der Waals surface area contributed by atoms with Crippen molar-refractivity contribution in [3.63, 3.8) is 0 Å². The number of fused-ring (bicyclic) bond motifs is 2. The second kappa shape index (κ2) is 6.20. The van der Waals surface area contributed by atoms with Gasteiger partial charge >= 0.3 is 5.97 Å². The van der Waals surface area contributed by atoms with Crippen LogP contribution in [0.1, 0.15) is 5.82 Å². The summed E-state index contributed by atoms with van der Waals surface area (Å²) in [5.41, 5.74) is 2.01. The van der Waals surface area contributed by atoms with Crippen LogP contribution in [0, 0.1) is 0 Å². The number of carbonyl (C=O) groups is 1. The van der Waals surface area contributed by atoms with Crippen LogP contribution in [0.15, 0.2) is 59.7 Å². The predicted molar refractivity (Wildman–Crippen MR) is 91.9 cm³/mol. The zero-order chi connectivity index (χ0) is 17.2. The summed E-state index contributed by atoms with van der Waals surface area (Å²) in [6, 6.07) is 14.6. The molecule has 1 N–H and O–H groups in total. The number of para-hydroxylation sites is 3. The number of rotatable bonds is 4. The highest BCUT2D eigenvalue weighted by Gasteiger charge is 2.10. The van der Waals surface area contributed by atoms with Crippen LogP contribution in [0.5, 0.6) is 0 Å². The van der Waals surface area contributed by atoms with Crippen molar-refractivity contribution in [1.29, 1.82) is 0 Å². The Morgan fingerprint density at radius 1 is 1.08 bits per heavy atom. The Balaban J connectivity index is 1.47. The van der Waals surface area contributed by atoms with Crippen LogP contribution in [0.25, 0.3) is 21.9 Å².